The second-order valence-corrected chi connectivity index (χ2v) is 9.60. The van der Waals surface area contributed by atoms with Crippen molar-refractivity contribution in [1.29, 1.82) is 0 Å². The van der Waals surface area contributed by atoms with Gasteiger partial charge < -0.3 is 20.3 Å². The summed E-state index contributed by atoms with van der Waals surface area (Å²) in [6, 6.07) is 7.40. The number of carbonyl (C=O) groups excluding carboxylic acids is 4. The molecular weight excluding hydrogens is 422 g/mol. The van der Waals surface area contributed by atoms with E-state index in [9.17, 15) is 19.2 Å². The molecule has 2 rings (SSSR count). The van der Waals surface area contributed by atoms with Gasteiger partial charge in [0.05, 0.1) is 0 Å². The second-order valence-electron chi connectivity index (χ2n) is 9.60. The lowest BCUT2D eigenvalue weighted by Gasteiger charge is -2.32. The fourth-order valence-corrected chi connectivity index (χ4v) is 3.59. The third kappa shape index (κ3) is 10.1. The summed E-state index contributed by atoms with van der Waals surface area (Å²) in [6.45, 7) is 9.36. The largest absolute Gasteiger partial charge is 0.444 e. The zero-order chi connectivity index (χ0) is 24.4. The van der Waals surface area contributed by atoms with Crippen LogP contribution in [0, 0.1) is 12.8 Å². The van der Waals surface area contributed by atoms with E-state index >= 15 is 0 Å². The Morgan fingerprint density at radius 1 is 0.970 bits per heavy atom. The topological polar surface area (TPSA) is 105 Å². The Morgan fingerprint density at radius 3 is 2.21 bits per heavy atom. The van der Waals surface area contributed by atoms with Crippen LogP contribution in [0.5, 0.6) is 0 Å². The minimum absolute atomic E-state index is 0.00571. The van der Waals surface area contributed by atoms with Gasteiger partial charge in [-0.2, -0.15) is 0 Å². The molecule has 0 radical (unpaired) electrons. The van der Waals surface area contributed by atoms with Crippen LogP contribution in [0.1, 0.15) is 68.8 Å². The smallest absolute Gasteiger partial charge is 0.407 e. The molecule has 1 aliphatic rings. The van der Waals surface area contributed by atoms with Gasteiger partial charge in [-0.25, -0.2) is 4.79 Å². The van der Waals surface area contributed by atoms with Gasteiger partial charge >= 0.3 is 6.09 Å². The van der Waals surface area contributed by atoms with Crippen LogP contribution in [0.4, 0.5) is 4.79 Å². The SMILES string of the molecule is Cc1ccc(C(=O)CCC(=O)N2CCC(CNC(=O)CCNC(=O)OC(C)(C)C)CC2)cc1. The third-order valence-corrected chi connectivity index (χ3v) is 5.51. The van der Waals surface area contributed by atoms with Crippen LogP contribution in [0.2, 0.25) is 0 Å². The van der Waals surface area contributed by atoms with E-state index in [1.165, 1.54) is 0 Å². The molecule has 1 saturated heterocycles. The van der Waals surface area contributed by atoms with Crippen molar-refractivity contribution in [2.75, 3.05) is 26.2 Å². The monoisotopic (exact) mass is 459 g/mol. The van der Waals surface area contributed by atoms with E-state index in [-0.39, 0.29) is 43.4 Å². The fourth-order valence-electron chi connectivity index (χ4n) is 3.59. The van der Waals surface area contributed by atoms with Gasteiger partial charge in [0.1, 0.15) is 5.60 Å². The van der Waals surface area contributed by atoms with Crippen LogP contribution in [0.3, 0.4) is 0 Å². The van der Waals surface area contributed by atoms with Gasteiger partial charge in [-0.05, 0) is 46.5 Å². The van der Waals surface area contributed by atoms with Crippen molar-refractivity contribution in [3.63, 3.8) is 0 Å². The van der Waals surface area contributed by atoms with Crippen molar-refractivity contribution in [1.82, 2.24) is 15.5 Å². The molecule has 1 heterocycles. The van der Waals surface area contributed by atoms with Crippen molar-refractivity contribution in [3.8, 4) is 0 Å². The standard InChI is InChI=1S/C25H37N3O5/c1-18-5-7-20(8-6-18)21(29)9-10-23(31)28-15-12-19(13-16-28)17-27-22(30)11-14-26-24(32)33-25(2,3)4/h5-8,19H,9-17H2,1-4H3,(H,26,32)(H,27,30). The Balaban J connectivity index is 1.59. The predicted molar refractivity (Wildman–Crippen MR) is 126 cm³/mol. The molecule has 0 unspecified atom stereocenters. The molecule has 1 aliphatic heterocycles. The van der Waals surface area contributed by atoms with Crippen molar-refractivity contribution in [2.45, 2.75) is 65.4 Å². The van der Waals surface area contributed by atoms with E-state index in [0.29, 0.717) is 31.1 Å². The second kappa shape index (κ2) is 12.4. The van der Waals surface area contributed by atoms with E-state index < -0.39 is 11.7 Å². The Morgan fingerprint density at radius 2 is 1.61 bits per heavy atom. The van der Waals surface area contributed by atoms with Crippen LogP contribution in [0.25, 0.3) is 0 Å². The van der Waals surface area contributed by atoms with Crippen molar-refractivity contribution in [2.24, 2.45) is 5.92 Å². The predicted octanol–water partition coefficient (Wildman–Crippen LogP) is 3.23. The normalized spacial score (nSPS) is 14.5. The van der Waals surface area contributed by atoms with Crippen molar-refractivity contribution < 1.29 is 23.9 Å². The maximum absolute atomic E-state index is 12.5. The van der Waals surface area contributed by atoms with Crippen molar-refractivity contribution >= 4 is 23.7 Å². The number of hydrogen-bond acceptors (Lipinski definition) is 5. The van der Waals surface area contributed by atoms with Crippen LogP contribution in [0.15, 0.2) is 24.3 Å². The molecule has 0 bridgehead atoms. The van der Waals surface area contributed by atoms with E-state index in [1.54, 1.807) is 32.9 Å². The molecular formula is C25H37N3O5. The van der Waals surface area contributed by atoms with Crippen LogP contribution in [-0.2, 0) is 14.3 Å². The molecule has 0 aromatic heterocycles. The number of alkyl carbamates (subject to hydrolysis) is 1. The number of Topliss-reactive ketones (excluding diaryl/α,β-unsaturated/α-hetero) is 1. The average Bonchev–Trinajstić information content (AvgIpc) is 2.75. The highest BCUT2D eigenvalue weighted by Gasteiger charge is 2.23. The number of ketones is 1. The number of nitrogens with zero attached hydrogens (tertiary/aromatic N) is 1. The molecule has 0 atom stereocenters. The third-order valence-electron chi connectivity index (χ3n) is 5.51. The minimum atomic E-state index is -0.570. The molecule has 8 heteroatoms. The number of piperidine rings is 1. The number of hydrogen-bond donors (Lipinski definition) is 2. The summed E-state index contributed by atoms with van der Waals surface area (Å²) < 4.78 is 5.13. The molecule has 1 aromatic carbocycles. The van der Waals surface area contributed by atoms with E-state index in [1.807, 2.05) is 24.0 Å². The number of rotatable bonds is 9. The highest BCUT2D eigenvalue weighted by atomic mass is 16.6. The molecule has 1 aromatic rings. The number of ether oxygens (including phenoxy) is 1. The Bertz CT molecular complexity index is 821. The molecule has 33 heavy (non-hydrogen) atoms. The van der Waals surface area contributed by atoms with Gasteiger partial charge in [0.15, 0.2) is 5.78 Å². The number of likely N-dealkylation sites (tertiary alicyclic amines) is 1. The summed E-state index contributed by atoms with van der Waals surface area (Å²) in [4.78, 5) is 50.2. The van der Waals surface area contributed by atoms with Crippen LogP contribution < -0.4 is 10.6 Å². The molecule has 8 nitrogen and oxygen atoms in total. The number of benzene rings is 1. The van der Waals surface area contributed by atoms with Gasteiger partial charge in [0.2, 0.25) is 11.8 Å². The van der Waals surface area contributed by atoms with Gasteiger partial charge in [-0.3, -0.25) is 14.4 Å². The van der Waals surface area contributed by atoms with Gasteiger partial charge in [-0.15, -0.1) is 0 Å². The highest BCUT2D eigenvalue weighted by molar-refractivity contribution is 5.98. The summed E-state index contributed by atoms with van der Waals surface area (Å²) in [5.74, 6) is 0.179. The number of carbonyl (C=O) groups is 4. The molecule has 1 fully saturated rings. The summed E-state index contributed by atoms with van der Waals surface area (Å²) in [5, 5.41) is 5.47. The minimum Gasteiger partial charge on any atom is -0.444 e. The summed E-state index contributed by atoms with van der Waals surface area (Å²) in [6.07, 6.45) is 1.72. The van der Waals surface area contributed by atoms with Crippen LogP contribution in [-0.4, -0.2) is 60.4 Å². The molecule has 182 valence electrons. The number of nitrogens with one attached hydrogen (secondary N) is 2. The Hall–Kier alpha value is -2.90. The molecule has 0 saturated carbocycles. The summed E-state index contributed by atoms with van der Waals surface area (Å²) >= 11 is 0. The zero-order valence-electron chi connectivity index (χ0n) is 20.2. The molecule has 2 N–H and O–H groups in total. The first-order valence-electron chi connectivity index (χ1n) is 11.6. The van der Waals surface area contributed by atoms with Crippen molar-refractivity contribution in [3.05, 3.63) is 35.4 Å². The lowest BCUT2D eigenvalue weighted by molar-refractivity contribution is -0.132. The van der Waals surface area contributed by atoms with Crippen LogP contribution >= 0.6 is 0 Å². The molecule has 3 amide bonds. The van der Waals surface area contributed by atoms with E-state index in [4.69, 9.17) is 4.74 Å². The summed E-state index contributed by atoms with van der Waals surface area (Å²) in [5.41, 5.74) is 1.17. The first-order chi connectivity index (χ1) is 15.5. The number of amides is 3. The maximum atomic E-state index is 12.5. The molecule has 0 aliphatic carbocycles. The number of aryl methyl sites for hydroxylation is 1. The lowest BCUT2D eigenvalue weighted by Crippen LogP contribution is -2.42. The van der Waals surface area contributed by atoms with E-state index in [0.717, 1.165) is 18.4 Å². The van der Waals surface area contributed by atoms with Gasteiger partial charge in [-0.1, -0.05) is 29.8 Å². The average molecular weight is 460 g/mol. The Kier molecular flexibility index (Phi) is 9.88. The van der Waals surface area contributed by atoms with Gasteiger partial charge in [0.25, 0.3) is 0 Å². The summed E-state index contributed by atoms with van der Waals surface area (Å²) in [7, 11) is 0. The fraction of sp³-hybridized carbons (Fsp3) is 0.600. The lowest BCUT2D eigenvalue weighted by atomic mass is 9.96. The highest BCUT2D eigenvalue weighted by Crippen LogP contribution is 2.18. The zero-order valence-corrected chi connectivity index (χ0v) is 20.2. The first-order valence-corrected chi connectivity index (χ1v) is 11.6. The Labute approximate surface area is 196 Å². The van der Waals surface area contributed by atoms with Gasteiger partial charge in [0, 0.05) is 51.0 Å². The first kappa shape index (κ1) is 26.4. The maximum Gasteiger partial charge on any atom is 0.407 e. The quantitative estimate of drug-likeness (QED) is 0.552. The molecule has 0 spiro atoms. The van der Waals surface area contributed by atoms with E-state index in [2.05, 4.69) is 10.6 Å².